The number of halogens is 1. The number of imidazole rings is 1. The van der Waals surface area contributed by atoms with Gasteiger partial charge in [0.2, 0.25) is 0 Å². The number of carbonyl (C=O) groups is 2. The Bertz CT molecular complexity index is 618. The number of hydrogen-bond donors (Lipinski definition) is 1. The maximum Gasteiger partial charge on any atom is 0.356 e. The van der Waals surface area contributed by atoms with Crippen LogP contribution in [0, 0.1) is 0 Å². The first-order valence-corrected chi connectivity index (χ1v) is 5.67. The first-order valence-electron chi connectivity index (χ1n) is 4.88. The summed E-state index contributed by atoms with van der Waals surface area (Å²) in [6.07, 6.45) is 1.81. The molecule has 0 spiro atoms. The van der Waals surface area contributed by atoms with Crippen molar-refractivity contribution in [3.05, 3.63) is 34.3 Å². The highest BCUT2D eigenvalue weighted by atomic mass is 79.9. The van der Waals surface area contributed by atoms with E-state index in [9.17, 15) is 9.59 Å². The number of aromatic nitrogens is 2. The lowest BCUT2D eigenvalue weighted by Crippen LogP contribution is -2.02. The average molecular weight is 297 g/mol. The Labute approximate surface area is 105 Å². The van der Waals surface area contributed by atoms with Gasteiger partial charge in [0.05, 0.1) is 11.9 Å². The van der Waals surface area contributed by atoms with Crippen molar-refractivity contribution in [1.82, 2.24) is 9.38 Å². The molecule has 0 fully saturated rings. The van der Waals surface area contributed by atoms with Gasteiger partial charge in [0, 0.05) is 10.7 Å². The molecule has 2 aromatic rings. The van der Waals surface area contributed by atoms with E-state index >= 15 is 0 Å². The first kappa shape index (κ1) is 11.8. The number of ketones is 1. The van der Waals surface area contributed by atoms with Crippen LogP contribution in [0.2, 0.25) is 0 Å². The summed E-state index contributed by atoms with van der Waals surface area (Å²) in [7, 11) is 0. The highest BCUT2D eigenvalue weighted by molar-refractivity contribution is 9.10. The minimum atomic E-state index is -1.10. The number of carboxylic acids is 1. The molecule has 0 radical (unpaired) electrons. The lowest BCUT2D eigenvalue weighted by Gasteiger charge is -1.99. The molecule has 0 saturated heterocycles. The highest BCUT2D eigenvalue weighted by Gasteiger charge is 2.17. The van der Waals surface area contributed by atoms with E-state index in [1.807, 2.05) is 0 Å². The molecule has 0 aliphatic carbocycles. The zero-order valence-corrected chi connectivity index (χ0v) is 10.6. The number of pyridine rings is 1. The minimum absolute atomic E-state index is 0.0393. The van der Waals surface area contributed by atoms with Gasteiger partial charge in [0.25, 0.3) is 0 Å². The van der Waals surface area contributed by atoms with Crippen LogP contribution in [0.1, 0.15) is 23.2 Å². The monoisotopic (exact) mass is 296 g/mol. The average Bonchev–Trinajstić information content (AvgIpc) is 2.55. The number of carbonyl (C=O) groups excluding carboxylic acids is 1. The van der Waals surface area contributed by atoms with Crippen LogP contribution < -0.4 is 0 Å². The Morgan fingerprint density at radius 1 is 1.53 bits per heavy atom. The molecule has 0 unspecified atom stereocenters. The number of Topliss-reactive ketones (excluding diaryl/α,β-unsaturated/α-hetero) is 1. The van der Waals surface area contributed by atoms with Gasteiger partial charge < -0.3 is 9.51 Å². The summed E-state index contributed by atoms with van der Waals surface area (Å²) in [4.78, 5) is 26.1. The molecule has 17 heavy (non-hydrogen) atoms. The second-order valence-electron chi connectivity index (χ2n) is 3.66. The van der Waals surface area contributed by atoms with Gasteiger partial charge >= 0.3 is 5.97 Å². The standard InChI is InChI=1S/C11H9BrN2O3/c1-6(15)4-9-13-10(11(16)17)8-5-7(12)2-3-14(8)9/h2-3,5H,4H2,1H3,(H,16,17). The molecule has 1 N–H and O–H groups in total. The summed E-state index contributed by atoms with van der Waals surface area (Å²) < 4.78 is 2.39. The number of hydrogen-bond acceptors (Lipinski definition) is 3. The van der Waals surface area contributed by atoms with Crippen LogP contribution >= 0.6 is 15.9 Å². The van der Waals surface area contributed by atoms with Gasteiger partial charge in [-0.25, -0.2) is 9.78 Å². The minimum Gasteiger partial charge on any atom is -0.476 e. The fourth-order valence-electron chi connectivity index (χ4n) is 1.63. The van der Waals surface area contributed by atoms with Gasteiger partial charge in [0.1, 0.15) is 11.6 Å². The van der Waals surface area contributed by atoms with Crippen molar-refractivity contribution in [3.63, 3.8) is 0 Å². The van der Waals surface area contributed by atoms with Crippen molar-refractivity contribution in [2.75, 3.05) is 0 Å². The van der Waals surface area contributed by atoms with Gasteiger partial charge in [-0.1, -0.05) is 15.9 Å². The molecule has 0 aromatic carbocycles. The quantitative estimate of drug-likeness (QED) is 0.939. The number of carboxylic acid groups (broad SMARTS) is 1. The van der Waals surface area contributed by atoms with Crippen LogP contribution in [0.4, 0.5) is 0 Å². The highest BCUT2D eigenvalue weighted by Crippen LogP contribution is 2.19. The molecule has 0 atom stereocenters. The zero-order valence-electron chi connectivity index (χ0n) is 8.98. The summed E-state index contributed by atoms with van der Waals surface area (Å²) >= 11 is 3.27. The molecule has 2 rings (SSSR count). The smallest absolute Gasteiger partial charge is 0.356 e. The van der Waals surface area contributed by atoms with Crippen molar-refractivity contribution in [1.29, 1.82) is 0 Å². The van der Waals surface area contributed by atoms with Crippen LogP contribution in [0.25, 0.3) is 5.52 Å². The molecule has 5 nitrogen and oxygen atoms in total. The summed E-state index contributed by atoms with van der Waals surface area (Å²) in [5.74, 6) is -0.718. The van der Waals surface area contributed by atoms with E-state index < -0.39 is 5.97 Å². The van der Waals surface area contributed by atoms with E-state index in [0.29, 0.717) is 11.3 Å². The van der Waals surface area contributed by atoms with Crippen molar-refractivity contribution in [2.24, 2.45) is 0 Å². The first-order chi connectivity index (χ1) is 7.99. The van der Waals surface area contributed by atoms with Gasteiger partial charge in [-0.2, -0.15) is 0 Å². The SMILES string of the molecule is CC(=O)Cc1nc(C(=O)O)c2cc(Br)ccn12. The zero-order chi connectivity index (χ0) is 12.6. The Balaban J connectivity index is 2.70. The molecule has 6 heteroatoms. The van der Waals surface area contributed by atoms with E-state index in [1.54, 1.807) is 22.7 Å². The fraction of sp³-hybridized carbons (Fsp3) is 0.182. The topological polar surface area (TPSA) is 71.7 Å². The van der Waals surface area contributed by atoms with Gasteiger partial charge in [-0.05, 0) is 19.1 Å². The van der Waals surface area contributed by atoms with Crippen LogP contribution in [0.5, 0.6) is 0 Å². The third-order valence-electron chi connectivity index (χ3n) is 2.29. The summed E-state index contributed by atoms with van der Waals surface area (Å²) in [5, 5.41) is 9.05. The number of fused-ring (bicyclic) bond motifs is 1. The summed E-state index contributed by atoms with van der Waals surface area (Å²) in [5.41, 5.74) is 0.436. The van der Waals surface area contributed by atoms with E-state index in [4.69, 9.17) is 5.11 Å². The molecular weight excluding hydrogens is 288 g/mol. The Morgan fingerprint density at radius 3 is 2.82 bits per heavy atom. The maximum absolute atomic E-state index is 11.1. The predicted octanol–water partition coefficient (Wildman–Crippen LogP) is 1.93. The van der Waals surface area contributed by atoms with Crippen molar-refractivity contribution < 1.29 is 14.7 Å². The Hall–Kier alpha value is -1.69. The molecular formula is C11H9BrN2O3. The van der Waals surface area contributed by atoms with Crippen LogP contribution in [0.3, 0.4) is 0 Å². The lowest BCUT2D eigenvalue weighted by atomic mass is 10.3. The third-order valence-corrected chi connectivity index (χ3v) is 2.78. The number of aromatic carboxylic acids is 1. The van der Waals surface area contributed by atoms with Crippen molar-refractivity contribution >= 4 is 33.2 Å². The molecule has 0 bridgehead atoms. The number of nitrogens with zero attached hydrogens (tertiary/aromatic N) is 2. The predicted molar refractivity (Wildman–Crippen MR) is 64.2 cm³/mol. The van der Waals surface area contributed by atoms with Crippen LogP contribution in [-0.2, 0) is 11.2 Å². The Morgan fingerprint density at radius 2 is 2.24 bits per heavy atom. The molecule has 2 heterocycles. The van der Waals surface area contributed by atoms with E-state index in [2.05, 4.69) is 20.9 Å². The maximum atomic E-state index is 11.1. The number of rotatable bonds is 3. The van der Waals surface area contributed by atoms with E-state index in [0.717, 1.165) is 4.47 Å². The van der Waals surface area contributed by atoms with Crippen LogP contribution in [-0.4, -0.2) is 26.2 Å². The largest absolute Gasteiger partial charge is 0.476 e. The van der Waals surface area contributed by atoms with Gasteiger partial charge in [-0.15, -0.1) is 0 Å². The third kappa shape index (κ3) is 2.21. The normalized spacial score (nSPS) is 10.7. The molecule has 0 aliphatic rings. The Kier molecular flexibility index (Phi) is 2.97. The van der Waals surface area contributed by atoms with Gasteiger partial charge in [0.15, 0.2) is 5.69 Å². The fourth-order valence-corrected chi connectivity index (χ4v) is 1.96. The van der Waals surface area contributed by atoms with Crippen molar-refractivity contribution in [3.8, 4) is 0 Å². The second-order valence-corrected chi connectivity index (χ2v) is 4.58. The van der Waals surface area contributed by atoms with Crippen molar-refractivity contribution in [2.45, 2.75) is 13.3 Å². The molecule has 0 aliphatic heterocycles. The molecule has 2 aromatic heterocycles. The molecule has 0 saturated carbocycles. The lowest BCUT2D eigenvalue weighted by molar-refractivity contribution is -0.116. The van der Waals surface area contributed by atoms with Crippen LogP contribution in [0.15, 0.2) is 22.8 Å². The summed E-state index contributed by atoms with van der Waals surface area (Å²) in [6.45, 7) is 1.44. The summed E-state index contributed by atoms with van der Waals surface area (Å²) in [6, 6.07) is 3.43. The molecule has 0 amide bonds. The molecule has 88 valence electrons. The van der Waals surface area contributed by atoms with E-state index in [1.165, 1.54) is 6.92 Å². The van der Waals surface area contributed by atoms with E-state index in [-0.39, 0.29) is 17.9 Å². The van der Waals surface area contributed by atoms with Gasteiger partial charge in [-0.3, -0.25) is 4.79 Å². The second kappa shape index (κ2) is 4.29.